The molecule has 1 saturated carbocycles. The lowest BCUT2D eigenvalue weighted by Gasteiger charge is -2.25. The number of fused-ring (bicyclic) bond motifs is 1. The quantitative estimate of drug-likeness (QED) is 0.456. The highest BCUT2D eigenvalue weighted by Crippen LogP contribution is 2.31. The topological polar surface area (TPSA) is 84.7 Å². The fourth-order valence-corrected chi connectivity index (χ4v) is 4.57. The van der Waals surface area contributed by atoms with E-state index in [1.807, 2.05) is 24.3 Å². The largest absolute Gasteiger partial charge is 0.493 e. The first-order valence-electron chi connectivity index (χ1n) is 11.2. The van der Waals surface area contributed by atoms with Crippen LogP contribution in [0, 0.1) is 5.92 Å². The number of carbonyl (C=O) groups excluding carboxylic acids is 2. The van der Waals surface area contributed by atoms with Gasteiger partial charge in [-0.2, -0.15) is 4.98 Å². The van der Waals surface area contributed by atoms with Crippen molar-refractivity contribution < 1.29 is 18.7 Å². The first-order chi connectivity index (χ1) is 15.9. The number of hydrogen-bond acceptors (Lipinski definition) is 6. The van der Waals surface area contributed by atoms with Crippen LogP contribution in [0.4, 0.5) is 6.01 Å². The minimum Gasteiger partial charge on any atom is -0.493 e. The van der Waals surface area contributed by atoms with Crippen molar-refractivity contribution in [2.45, 2.75) is 39.2 Å². The third-order valence-electron chi connectivity index (χ3n) is 5.91. The van der Waals surface area contributed by atoms with Gasteiger partial charge in [0.1, 0.15) is 11.3 Å². The first kappa shape index (κ1) is 23.1. The van der Waals surface area contributed by atoms with Gasteiger partial charge in [-0.15, -0.1) is 0 Å². The van der Waals surface area contributed by atoms with Gasteiger partial charge >= 0.3 is 0 Å². The van der Waals surface area contributed by atoms with E-state index >= 15 is 0 Å². The summed E-state index contributed by atoms with van der Waals surface area (Å²) in [5, 5.41) is 3.80. The van der Waals surface area contributed by atoms with Crippen LogP contribution >= 0.6 is 11.6 Å². The summed E-state index contributed by atoms with van der Waals surface area (Å²) in [6.07, 6.45) is 4.54. The van der Waals surface area contributed by atoms with E-state index < -0.39 is 0 Å². The molecule has 0 radical (unpaired) electrons. The van der Waals surface area contributed by atoms with E-state index in [9.17, 15) is 9.59 Å². The molecule has 174 valence electrons. The summed E-state index contributed by atoms with van der Waals surface area (Å²) in [5.41, 5.74) is 2.37. The molecule has 1 heterocycles. The summed E-state index contributed by atoms with van der Waals surface area (Å²) in [6, 6.07) is 11.2. The lowest BCUT2D eigenvalue weighted by molar-refractivity contribution is -0.117. The summed E-state index contributed by atoms with van der Waals surface area (Å²) >= 11 is 6.05. The van der Waals surface area contributed by atoms with E-state index in [4.69, 9.17) is 20.8 Å². The number of nitrogens with zero attached hydrogens (tertiary/aromatic N) is 2. The second-order valence-corrected chi connectivity index (χ2v) is 9.00. The Kier molecular flexibility index (Phi) is 7.18. The van der Waals surface area contributed by atoms with Crippen LogP contribution in [0.1, 0.15) is 48.5 Å². The number of ether oxygens (including phenoxy) is 1. The van der Waals surface area contributed by atoms with E-state index in [1.165, 1.54) is 26.9 Å². The molecule has 8 heteroatoms. The molecule has 4 rings (SSSR count). The number of halogens is 1. The van der Waals surface area contributed by atoms with E-state index in [0.717, 1.165) is 18.4 Å². The summed E-state index contributed by atoms with van der Waals surface area (Å²) in [5.74, 6) is 0.619. The van der Waals surface area contributed by atoms with Gasteiger partial charge in [0, 0.05) is 23.7 Å². The average molecular weight is 470 g/mol. The number of anilines is 1. The number of methoxy groups -OCH3 is 1. The standard InChI is InChI=1S/C25H28ClN3O4/c1-16(30)14-29(15-17-6-3-4-7-17)24(31)19-11-21-23(22(12-19)32-2)33-25(28-21)27-13-18-8-5-9-20(26)10-18/h5,8-12,17H,3-4,6-7,13-15H2,1-2H3,(H,27,28). The highest BCUT2D eigenvalue weighted by molar-refractivity contribution is 6.30. The van der Waals surface area contributed by atoms with Crippen molar-refractivity contribution in [3.8, 4) is 5.75 Å². The van der Waals surface area contributed by atoms with Crippen LogP contribution in [0.2, 0.25) is 5.02 Å². The molecule has 33 heavy (non-hydrogen) atoms. The lowest BCUT2D eigenvalue weighted by atomic mass is 10.1. The van der Waals surface area contributed by atoms with Crippen molar-refractivity contribution in [1.29, 1.82) is 0 Å². The van der Waals surface area contributed by atoms with Crippen molar-refractivity contribution in [2.75, 3.05) is 25.5 Å². The van der Waals surface area contributed by atoms with Crippen LogP contribution in [0.5, 0.6) is 5.75 Å². The van der Waals surface area contributed by atoms with Crippen molar-refractivity contribution in [1.82, 2.24) is 9.88 Å². The van der Waals surface area contributed by atoms with Crippen LogP contribution in [0.25, 0.3) is 11.1 Å². The number of rotatable bonds is 9. The maximum Gasteiger partial charge on any atom is 0.296 e. The molecular formula is C25H28ClN3O4. The van der Waals surface area contributed by atoms with E-state index in [-0.39, 0.29) is 18.2 Å². The Morgan fingerprint density at radius 2 is 2.03 bits per heavy atom. The summed E-state index contributed by atoms with van der Waals surface area (Å²) in [4.78, 5) is 31.4. The Balaban J connectivity index is 1.57. The van der Waals surface area contributed by atoms with Crippen LogP contribution in [0.3, 0.4) is 0 Å². The van der Waals surface area contributed by atoms with Crippen LogP contribution in [-0.2, 0) is 11.3 Å². The minimum absolute atomic E-state index is 0.0386. The number of oxazole rings is 1. The molecule has 1 aromatic heterocycles. The van der Waals surface area contributed by atoms with Gasteiger partial charge in [-0.1, -0.05) is 36.6 Å². The summed E-state index contributed by atoms with van der Waals surface area (Å²) in [6.45, 7) is 2.68. The zero-order valence-electron chi connectivity index (χ0n) is 18.9. The number of Topliss-reactive ketones (excluding diaryl/α,β-unsaturated/α-hetero) is 1. The Morgan fingerprint density at radius 1 is 1.24 bits per heavy atom. The zero-order chi connectivity index (χ0) is 23.4. The predicted octanol–water partition coefficient (Wildman–Crippen LogP) is 5.32. The second kappa shape index (κ2) is 10.3. The number of benzene rings is 2. The highest BCUT2D eigenvalue weighted by Gasteiger charge is 2.25. The fourth-order valence-electron chi connectivity index (χ4n) is 4.35. The minimum atomic E-state index is -0.200. The molecule has 0 atom stereocenters. The normalized spacial score (nSPS) is 13.9. The average Bonchev–Trinajstić information content (AvgIpc) is 3.45. The molecule has 3 aromatic rings. The molecule has 1 N–H and O–H groups in total. The van der Waals surface area contributed by atoms with E-state index in [2.05, 4.69) is 10.3 Å². The number of ketones is 1. The Bertz CT molecular complexity index is 1150. The maximum absolute atomic E-state index is 13.4. The van der Waals surface area contributed by atoms with Gasteiger partial charge < -0.3 is 19.4 Å². The van der Waals surface area contributed by atoms with Gasteiger partial charge in [-0.05, 0) is 55.5 Å². The SMILES string of the molecule is COc1cc(C(=O)N(CC(C)=O)CC2CCCC2)cc2nc(NCc3cccc(Cl)c3)oc12. The van der Waals surface area contributed by atoms with Gasteiger partial charge in [0.2, 0.25) is 0 Å². The Morgan fingerprint density at radius 3 is 2.73 bits per heavy atom. The molecular weight excluding hydrogens is 442 g/mol. The van der Waals surface area contributed by atoms with Crippen LogP contribution in [0.15, 0.2) is 40.8 Å². The van der Waals surface area contributed by atoms with Crippen molar-refractivity contribution in [2.24, 2.45) is 5.92 Å². The van der Waals surface area contributed by atoms with Crippen LogP contribution < -0.4 is 10.1 Å². The molecule has 0 saturated heterocycles. The molecule has 1 fully saturated rings. The molecule has 1 aliphatic rings. The molecule has 7 nitrogen and oxygen atoms in total. The third kappa shape index (κ3) is 5.66. The molecule has 0 spiro atoms. The van der Waals surface area contributed by atoms with Gasteiger partial charge in [-0.25, -0.2) is 0 Å². The maximum atomic E-state index is 13.4. The van der Waals surface area contributed by atoms with E-state index in [0.29, 0.717) is 52.5 Å². The molecule has 2 aromatic carbocycles. The number of carbonyl (C=O) groups is 2. The Hall–Kier alpha value is -3.06. The first-order valence-corrected chi connectivity index (χ1v) is 11.6. The third-order valence-corrected chi connectivity index (χ3v) is 6.14. The smallest absolute Gasteiger partial charge is 0.296 e. The molecule has 0 bridgehead atoms. The second-order valence-electron chi connectivity index (χ2n) is 8.57. The summed E-state index contributed by atoms with van der Waals surface area (Å²) in [7, 11) is 1.52. The van der Waals surface area contributed by atoms with Gasteiger partial charge in [0.25, 0.3) is 11.9 Å². The molecule has 0 unspecified atom stereocenters. The predicted molar refractivity (Wildman–Crippen MR) is 128 cm³/mol. The zero-order valence-corrected chi connectivity index (χ0v) is 19.7. The van der Waals surface area contributed by atoms with Gasteiger partial charge in [0.05, 0.1) is 13.7 Å². The Labute approximate surface area is 198 Å². The summed E-state index contributed by atoms with van der Waals surface area (Å²) < 4.78 is 11.3. The molecule has 1 amide bonds. The van der Waals surface area contributed by atoms with Gasteiger partial charge in [-0.3, -0.25) is 9.59 Å². The number of aromatic nitrogens is 1. The van der Waals surface area contributed by atoms with Gasteiger partial charge in [0.15, 0.2) is 11.3 Å². The number of nitrogens with one attached hydrogen (secondary N) is 1. The molecule has 1 aliphatic carbocycles. The van der Waals surface area contributed by atoms with Crippen LogP contribution in [-0.4, -0.2) is 41.8 Å². The van der Waals surface area contributed by atoms with Crippen molar-refractivity contribution in [3.05, 3.63) is 52.5 Å². The number of hydrogen-bond donors (Lipinski definition) is 1. The number of amides is 1. The molecule has 0 aliphatic heterocycles. The van der Waals surface area contributed by atoms with E-state index in [1.54, 1.807) is 17.0 Å². The van der Waals surface area contributed by atoms with Crippen molar-refractivity contribution in [3.63, 3.8) is 0 Å². The highest BCUT2D eigenvalue weighted by atomic mass is 35.5. The monoisotopic (exact) mass is 469 g/mol. The lowest BCUT2D eigenvalue weighted by Crippen LogP contribution is -2.38. The van der Waals surface area contributed by atoms with Crippen molar-refractivity contribution >= 4 is 40.4 Å². The fraction of sp³-hybridized carbons (Fsp3) is 0.400.